The highest BCUT2D eigenvalue weighted by molar-refractivity contribution is 9.10. The van der Waals surface area contributed by atoms with Crippen LogP contribution in [0.25, 0.3) is 10.9 Å². The van der Waals surface area contributed by atoms with Crippen molar-refractivity contribution in [1.82, 2.24) is 14.8 Å². The molecule has 1 saturated heterocycles. The molecule has 0 atom stereocenters. The lowest BCUT2D eigenvalue weighted by atomic mass is 10.2. The Bertz CT molecular complexity index is 763. The van der Waals surface area contributed by atoms with E-state index < -0.39 is 0 Å². The number of halogens is 1. The van der Waals surface area contributed by atoms with E-state index in [9.17, 15) is 4.79 Å². The molecule has 1 aliphatic heterocycles. The van der Waals surface area contributed by atoms with Gasteiger partial charge in [0.2, 0.25) is 5.91 Å². The van der Waals surface area contributed by atoms with Crippen molar-refractivity contribution in [3.8, 4) is 0 Å². The summed E-state index contributed by atoms with van der Waals surface area (Å²) in [6, 6.07) is 10.4. The first-order chi connectivity index (χ1) is 12.6. The molecule has 26 heavy (non-hydrogen) atoms. The van der Waals surface area contributed by atoms with Gasteiger partial charge in [0, 0.05) is 49.1 Å². The average Bonchev–Trinajstić information content (AvgIpc) is 2.88. The van der Waals surface area contributed by atoms with Crippen molar-refractivity contribution < 1.29 is 4.79 Å². The molecule has 0 saturated carbocycles. The minimum Gasteiger partial charge on any atom is -0.355 e. The zero-order valence-electron chi connectivity index (χ0n) is 15.6. The minimum absolute atomic E-state index is 0.233. The monoisotopic (exact) mass is 418 g/mol. The van der Waals surface area contributed by atoms with Crippen LogP contribution in [0.2, 0.25) is 0 Å². The molecule has 1 aromatic carbocycles. The first-order valence-electron chi connectivity index (χ1n) is 9.42. The number of fused-ring (bicyclic) bond motifs is 1. The van der Waals surface area contributed by atoms with Crippen molar-refractivity contribution in [2.75, 3.05) is 50.7 Å². The van der Waals surface area contributed by atoms with Gasteiger partial charge in [-0.15, -0.1) is 0 Å². The first kappa shape index (κ1) is 19.1. The zero-order chi connectivity index (χ0) is 18.5. The summed E-state index contributed by atoms with van der Waals surface area (Å²) in [6.07, 6.45) is 1.04. The van der Waals surface area contributed by atoms with Crippen LogP contribution in [0, 0.1) is 0 Å². The van der Waals surface area contributed by atoms with Gasteiger partial charge in [-0.1, -0.05) is 12.1 Å². The fourth-order valence-electron chi connectivity index (χ4n) is 3.50. The summed E-state index contributed by atoms with van der Waals surface area (Å²) < 4.78 is 1.03. The van der Waals surface area contributed by atoms with Crippen LogP contribution in [0.4, 0.5) is 5.82 Å². The van der Waals surface area contributed by atoms with Gasteiger partial charge in [0.15, 0.2) is 0 Å². The lowest BCUT2D eigenvalue weighted by molar-refractivity contribution is -0.132. The van der Waals surface area contributed by atoms with Gasteiger partial charge in [-0.2, -0.15) is 0 Å². The molecule has 1 fully saturated rings. The van der Waals surface area contributed by atoms with E-state index in [1.54, 1.807) is 0 Å². The van der Waals surface area contributed by atoms with E-state index in [4.69, 9.17) is 4.98 Å². The molecule has 2 aromatic rings. The van der Waals surface area contributed by atoms with Crippen LogP contribution >= 0.6 is 15.9 Å². The topological polar surface area (TPSA) is 39.7 Å². The Balaban J connectivity index is 1.67. The third-order valence-corrected chi connectivity index (χ3v) is 5.68. The van der Waals surface area contributed by atoms with E-state index in [1.165, 1.54) is 0 Å². The average molecular weight is 419 g/mol. The van der Waals surface area contributed by atoms with Gasteiger partial charge < -0.3 is 9.80 Å². The smallest absolute Gasteiger partial charge is 0.236 e. The molecule has 0 unspecified atom stereocenters. The van der Waals surface area contributed by atoms with Crippen LogP contribution in [-0.2, 0) is 4.79 Å². The number of carbonyl (C=O) groups is 1. The molecular formula is C20H27BrN4O. The van der Waals surface area contributed by atoms with Crippen LogP contribution in [0.3, 0.4) is 0 Å². The lowest BCUT2D eigenvalue weighted by Crippen LogP contribution is -2.41. The van der Waals surface area contributed by atoms with E-state index in [0.29, 0.717) is 6.54 Å². The van der Waals surface area contributed by atoms with E-state index in [-0.39, 0.29) is 5.91 Å². The van der Waals surface area contributed by atoms with Gasteiger partial charge >= 0.3 is 0 Å². The third kappa shape index (κ3) is 4.35. The Kier molecular flexibility index (Phi) is 6.48. The molecule has 0 radical (unpaired) electrons. The second kappa shape index (κ2) is 8.82. The predicted octanol–water partition coefficient (Wildman–Crippen LogP) is 3.38. The van der Waals surface area contributed by atoms with Crippen LogP contribution in [-0.4, -0.2) is 66.5 Å². The Labute approximate surface area is 164 Å². The molecule has 6 heteroatoms. The van der Waals surface area contributed by atoms with Crippen LogP contribution in [0.1, 0.15) is 20.3 Å². The fraction of sp³-hybridized carbons (Fsp3) is 0.500. The SMILES string of the molecule is CCN(CC)C(=O)CN1CCCN(c2ccc3cccc(Br)c3n2)CC1. The summed E-state index contributed by atoms with van der Waals surface area (Å²) in [7, 11) is 0. The number of aromatic nitrogens is 1. The number of rotatable bonds is 5. The number of hydrogen-bond acceptors (Lipinski definition) is 4. The van der Waals surface area contributed by atoms with Crippen molar-refractivity contribution >= 4 is 38.6 Å². The van der Waals surface area contributed by atoms with E-state index >= 15 is 0 Å². The second-order valence-corrected chi connectivity index (χ2v) is 7.52. The van der Waals surface area contributed by atoms with Crippen LogP contribution < -0.4 is 4.90 Å². The van der Waals surface area contributed by atoms with Gasteiger partial charge in [-0.3, -0.25) is 9.69 Å². The van der Waals surface area contributed by atoms with Crippen molar-refractivity contribution in [2.45, 2.75) is 20.3 Å². The second-order valence-electron chi connectivity index (χ2n) is 6.66. The highest BCUT2D eigenvalue weighted by Gasteiger charge is 2.20. The largest absolute Gasteiger partial charge is 0.355 e. The fourth-order valence-corrected chi connectivity index (χ4v) is 3.97. The molecule has 0 bridgehead atoms. The number of benzene rings is 1. The summed E-state index contributed by atoms with van der Waals surface area (Å²) in [4.78, 5) is 23.8. The van der Waals surface area contributed by atoms with Crippen molar-refractivity contribution in [3.05, 3.63) is 34.8 Å². The van der Waals surface area contributed by atoms with E-state index in [0.717, 1.165) is 66.9 Å². The Morgan fingerprint density at radius 1 is 1.12 bits per heavy atom. The quantitative estimate of drug-likeness (QED) is 0.745. The number of hydrogen-bond donors (Lipinski definition) is 0. The number of carbonyl (C=O) groups excluding carboxylic acids is 1. The van der Waals surface area contributed by atoms with Crippen LogP contribution in [0.15, 0.2) is 34.8 Å². The van der Waals surface area contributed by atoms with Crippen LogP contribution in [0.5, 0.6) is 0 Å². The first-order valence-corrected chi connectivity index (χ1v) is 10.2. The minimum atomic E-state index is 0.233. The number of likely N-dealkylation sites (N-methyl/N-ethyl adjacent to an activating group) is 1. The molecule has 1 aliphatic rings. The highest BCUT2D eigenvalue weighted by Crippen LogP contribution is 2.25. The maximum atomic E-state index is 12.4. The van der Waals surface area contributed by atoms with Gasteiger partial charge in [-0.05, 0) is 54.4 Å². The molecule has 0 aliphatic carbocycles. The zero-order valence-corrected chi connectivity index (χ0v) is 17.2. The molecule has 5 nitrogen and oxygen atoms in total. The molecule has 1 aromatic heterocycles. The van der Waals surface area contributed by atoms with Gasteiger partial charge in [0.05, 0.1) is 12.1 Å². The summed E-state index contributed by atoms with van der Waals surface area (Å²) in [6.45, 7) is 9.88. The number of pyridine rings is 1. The number of para-hydroxylation sites is 1. The van der Waals surface area contributed by atoms with Crippen molar-refractivity contribution in [2.24, 2.45) is 0 Å². The maximum absolute atomic E-state index is 12.4. The Morgan fingerprint density at radius 2 is 1.92 bits per heavy atom. The number of amides is 1. The van der Waals surface area contributed by atoms with E-state index in [1.807, 2.05) is 30.9 Å². The number of nitrogens with zero attached hydrogens (tertiary/aromatic N) is 4. The summed E-state index contributed by atoms with van der Waals surface area (Å²) >= 11 is 3.60. The summed E-state index contributed by atoms with van der Waals surface area (Å²) in [5.74, 6) is 1.25. The molecule has 2 heterocycles. The van der Waals surface area contributed by atoms with Gasteiger partial charge in [0.1, 0.15) is 5.82 Å². The molecular weight excluding hydrogens is 392 g/mol. The van der Waals surface area contributed by atoms with E-state index in [2.05, 4.69) is 43.9 Å². The highest BCUT2D eigenvalue weighted by atomic mass is 79.9. The van der Waals surface area contributed by atoms with Crippen molar-refractivity contribution in [1.29, 1.82) is 0 Å². The standard InChI is InChI=1S/C20H27BrN4O/c1-3-24(4-2)19(26)15-23-11-6-12-25(14-13-23)18-10-9-16-7-5-8-17(21)20(16)22-18/h5,7-10H,3-4,6,11-15H2,1-2H3. The summed E-state index contributed by atoms with van der Waals surface area (Å²) in [5.41, 5.74) is 1.00. The molecule has 0 N–H and O–H groups in total. The van der Waals surface area contributed by atoms with Gasteiger partial charge in [0.25, 0.3) is 0 Å². The molecule has 0 spiro atoms. The molecule has 3 rings (SSSR count). The maximum Gasteiger partial charge on any atom is 0.236 e. The Morgan fingerprint density at radius 3 is 2.69 bits per heavy atom. The predicted molar refractivity (Wildman–Crippen MR) is 111 cm³/mol. The molecule has 1 amide bonds. The Hall–Kier alpha value is -1.66. The normalized spacial score (nSPS) is 15.9. The number of anilines is 1. The van der Waals surface area contributed by atoms with Crippen molar-refractivity contribution in [3.63, 3.8) is 0 Å². The lowest BCUT2D eigenvalue weighted by Gasteiger charge is -2.25. The third-order valence-electron chi connectivity index (χ3n) is 5.04. The molecule has 140 valence electrons. The summed E-state index contributed by atoms with van der Waals surface area (Å²) in [5, 5.41) is 1.14. The van der Waals surface area contributed by atoms with Gasteiger partial charge in [-0.25, -0.2) is 4.98 Å².